The van der Waals surface area contributed by atoms with Crippen LogP contribution in [-0.2, 0) is 6.42 Å². The minimum absolute atomic E-state index is 0. The predicted octanol–water partition coefficient (Wildman–Crippen LogP) is 3.07. The number of halogens is 3. The van der Waals surface area contributed by atoms with Crippen LogP contribution < -0.4 is 15.4 Å². The lowest BCUT2D eigenvalue weighted by Gasteiger charge is -2.13. The molecular weight excluding hydrogens is 505 g/mol. The average molecular weight is 532 g/mol. The Morgan fingerprint density at radius 1 is 1.07 bits per heavy atom. The van der Waals surface area contributed by atoms with Crippen LogP contribution in [0.15, 0.2) is 47.5 Å². The summed E-state index contributed by atoms with van der Waals surface area (Å²) in [5.74, 6) is -1.01. The highest BCUT2D eigenvalue weighted by Gasteiger charge is 2.08. The van der Waals surface area contributed by atoms with Gasteiger partial charge >= 0.3 is 0 Å². The number of amides is 1. The van der Waals surface area contributed by atoms with Crippen molar-refractivity contribution in [2.45, 2.75) is 6.42 Å². The van der Waals surface area contributed by atoms with Crippen LogP contribution in [0.2, 0.25) is 0 Å². The van der Waals surface area contributed by atoms with Gasteiger partial charge < -0.3 is 20.3 Å². The Labute approximate surface area is 192 Å². The summed E-state index contributed by atoms with van der Waals surface area (Å²) in [7, 11) is 5.10. The number of nitrogens with one attached hydrogen (secondary N) is 2. The SMILES string of the molecule is CN=C(NCCOc1ccc(F)c(F)c1)NCCc1cccc(C(=O)N(C)C)c1.I. The summed E-state index contributed by atoms with van der Waals surface area (Å²) in [5.41, 5.74) is 1.70. The molecule has 2 rings (SSSR count). The summed E-state index contributed by atoms with van der Waals surface area (Å²) in [6.45, 7) is 1.33. The largest absolute Gasteiger partial charge is 0.492 e. The Balaban J connectivity index is 0.00000450. The highest BCUT2D eigenvalue weighted by molar-refractivity contribution is 14.0. The third-order valence-corrected chi connectivity index (χ3v) is 4.06. The summed E-state index contributed by atoms with van der Waals surface area (Å²) >= 11 is 0. The third kappa shape index (κ3) is 8.13. The van der Waals surface area contributed by atoms with Crippen LogP contribution in [0.1, 0.15) is 15.9 Å². The number of rotatable bonds is 8. The minimum atomic E-state index is -0.940. The van der Waals surface area contributed by atoms with Gasteiger partial charge in [-0.1, -0.05) is 12.1 Å². The first-order valence-electron chi connectivity index (χ1n) is 9.23. The van der Waals surface area contributed by atoms with Gasteiger partial charge in [-0.3, -0.25) is 9.79 Å². The second kappa shape index (κ2) is 13.0. The molecule has 0 saturated heterocycles. The quantitative estimate of drug-likeness (QED) is 0.238. The Hall–Kier alpha value is -2.43. The van der Waals surface area contributed by atoms with Crippen molar-refractivity contribution in [1.82, 2.24) is 15.5 Å². The van der Waals surface area contributed by atoms with Crippen molar-refractivity contribution >= 4 is 35.8 Å². The Morgan fingerprint density at radius 2 is 1.80 bits per heavy atom. The lowest BCUT2D eigenvalue weighted by Crippen LogP contribution is -2.40. The van der Waals surface area contributed by atoms with Gasteiger partial charge in [-0.05, 0) is 36.2 Å². The van der Waals surface area contributed by atoms with Crippen LogP contribution in [0, 0.1) is 11.6 Å². The number of aliphatic imine (C=N–C) groups is 1. The van der Waals surface area contributed by atoms with Crippen molar-refractivity contribution in [2.75, 3.05) is 40.8 Å². The zero-order chi connectivity index (χ0) is 21.2. The zero-order valence-electron chi connectivity index (χ0n) is 17.2. The monoisotopic (exact) mass is 532 g/mol. The molecule has 2 N–H and O–H groups in total. The van der Waals surface area contributed by atoms with E-state index in [4.69, 9.17) is 4.74 Å². The van der Waals surface area contributed by atoms with Gasteiger partial charge in [-0.15, -0.1) is 24.0 Å². The maximum Gasteiger partial charge on any atom is 0.253 e. The lowest BCUT2D eigenvalue weighted by atomic mass is 10.1. The van der Waals surface area contributed by atoms with Crippen LogP contribution in [0.5, 0.6) is 5.75 Å². The Kier molecular flexibility index (Phi) is 11.1. The highest BCUT2D eigenvalue weighted by atomic mass is 127. The molecule has 6 nitrogen and oxygen atoms in total. The highest BCUT2D eigenvalue weighted by Crippen LogP contribution is 2.15. The van der Waals surface area contributed by atoms with Gasteiger partial charge in [0.25, 0.3) is 5.91 Å². The fourth-order valence-electron chi connectivity index (χ4n) is 2.57. The van der Waals surface area contributed by atoms with Crippen LogP contribution in [0.25, 0.3) is 0 Å². The van der Waals surface area contributed by atoms with E-state index < -0.39 is 11.6 Å². The second-order valence-corrected chi connectivity index (χ2v) is 6.50. The number of ether oxygens (including phenoxy) is 1. The van der Waals surface area contributed by atoms with E-state index in [1.54, 1.807) is 32.1 Å². The molecule has 164 valence electrons. The molecule has 0 aliphatic heterocycles. The molecule has 0 unspecified atom stereocenters. The number of guanidine groups is 1. The molecule has 0 bridgehead atoms. The number of carbonyl (C=O) groups excluding carboxylic acids is 1. The standard InChI is InChI=1S/C21H26F2N4O2.HI/c1-24-21(26-11-12-29-17-7-8-18(22)19(23)14-17)25-10-9-15-5-4-6-16(13-15)20(28)27(2)3;/h4-8,13-14H,9-12H2,1-3H3,(H2,24,25,26);1H. The Morgan fingerprint density at radius 3 is 2.47 bits per heavy atom. The molecule has 0 saturated carbocycles. The molecule has 1 amide bonds. The van der Waals surface area contributed by atoms with E-state index in [0.717, 1.165) is 24.1 Å². The van der Waals surface area contributed by atoms with E-state index in [9.17, 15) is 13.6 Å². The topological polar surface area (TPSA) is 66.0 Å². The molecule has 0 atom stereocenters. The molecule has 0 aliphatic rings. The average Bonchev–Trinajstić information content (AvgIpc) is 2.71. The third-order valence-electron chi connectivity index (χ3n) is 4.06. The molecule has 0 aromatic heterocycles. The smallest absolute Gasteiger partial charge is 0.253 e. The van der Waals surface area contributed by atoms with Crippen molar-refractivity contribution in [3.63, 3.8) is 0 Å². The van der Waals surface area contributed by atoms with Gasteiger partial charge in [-0.2, -0.15) is 0 Å². The lowest BCUT2D eigenvalue weighted by molar-refractivity contribution is 0.0827. The van der Waals surface area contributed by atoms with Crippen LogP contribution in [-0.4, -0.2) is 57.6 Å². The maximum atomic E-state index is 13.1. The van der Waals surface area contributed by atoms with Gasteiger partial charge in [0.05, 0.1) is 6.54 Å². The number of hydrogen-bond acceptors (Lipinski definition) is 3. The van der Waals surface area contributed by atoms with E-state index in [-0.39, 0.29) is 42.2 Å². The zero-order valence-corrected chi connectivity index (χ0v) is 19.6. The van der Waals surface area contributed by atoms with E-state index >= 15 is 0 Å². The fourth-order valence-corrected chi connectivity index (χ4v) is 2.57. The molecule has 0 heterocycles. The van der Waals surface area contributed by atoms with E-state index in [0.29, 0.717) is 24.6 Å². The van der Waals surface area contributed by atoms with Gasteiger partial charge in [0, 0.05) is 39.3 Å². The maximum absolute atomic E-state index is 13.1. The molecule has 0 spiro atoms. The van der Waals surface area contributed by atoms with Crippen molar-refractivity contribution < 1.29 is 18.3 Å². The van der Waals surface area contributed by atoms with Crippen LogP contribution in [0.3, 0.4) is 0 Å². The van der Waals surface area contributed by atoms with E-state index in [1.165, 1.54) is 6.07 Å². The molecule has 0 aliphatic carbocycles. The van der Waals surface area contributed by atoms with Gasteiger partial charge in [0.2, 0.25) is 0 Å². The summed E-state index contributed by atoms with van der Waals surface area (Å²) in [6, 6.07) is 10.9. The molecule has 2 aromatic rings. The summed E-state index contributed by atoms with van der Waals surface area (Å²) in [5, 5.41) is 6.26. The molecular formula is C21H27F2IN4O2. The first-order valence-corrected chi connectivity index (χ1v) is 9.23. The number of hydrogen-bond donors (Lipinski definition) is 2. The van der Waals surface area contributed by atoms with E-state index in [1.807, 2.05) is 18.2 Å². The predicted molar refractivity (Wildman–Crippen MR) is 125 cm³/mol. The minimum Gasteiger partial charge on any atom is -0.492 e. The number of carbonyl (C=O) groups is 1. The number of nitrogens with zero attached hydrogens (tertiary/aromatic N) is 2. The second-order valence-electron chi connectivity index (χ2n) is 6.50. The first-order chi connectivity index (χ1) is 13.9. The summed E-state index contributed by atoms with van der Waals surface area (Å²) in [6.07, 6.45) is 0.723. The molecule has 0 fully saturated rings. The van der Waals surface area contributed by atoms with Crippen LogP contribution >= 0.6 is 24.0 Å². The van der Waals surface area contributed by atoms with Gasteiger partial charge in [0.15, 0.2) is 17.6 Å². The summed E-state index contributed by atoms with van der Waals surface area (Å²) < 4.78 is 31.4. The van der Waals surface area contributed by atoms with Crippen LogP contribution in [0.4, 0.5) is 8.78 Å². The van der Waals surface area contributed by atoms with Crippen molar-refractivity contribution in [2.24, 2.45) is 4.99 Å². The van der Waals surface area contributed by atoms with Crippen molar-refractivity contribution in [3.8, 4) is 5.75 Å². The molecule has 2 aromatic carbocycles. The fraction of sp³-hybridized carbons (Fsp3) is 0.333. The first kappa shape index (κ1) is 25.6. The number of benzene rings is 2. The molecule has 9 heteroatoms. The normalized spacial score (nSPS) is 10.8. The van der Waals surface area contributed by atoms with Crippen molar-refractivity contribution in [3.05, 3.63) is 65.2 Å². The summed E-state index contributed by atoms with van der Waals surface area (Å²) in [4.78, 5) is 17.7. The molecule has 0 radical (unpaired) electrons. The molecule has 30 heavy (non-hydrogen) atoms. The van der Waals surface area contributed by atoms with Gasteiger partial charge in [0.1, 0.15) is 12.4 Å². The Bertz CT molecular complexity index is 863. The van der Waals surface area contributed by atoms with Gasteiger partial charge in [-0.25, -0.2) is 8.78 Å². The van der Waals surface area contributed by atoms with E-state index in [2.05, 4.69) is 15.6 Å². The van der Waals surface area contributed by atoms with Crippen molar-refractivity contribution in [1.29, 1.82) is 0 Å².